The van der Waals surface area contributed by atoms with Crippen molar-refractivity contribution in [2.24, 2.45) is 5.92 Å². The minimum Gasteiger partial charge on any atom is -0.378 e. The number of carbonyl (C=O) groups is 1. The Labute approximate surface area is 116 Å². The Morgan fingerprint density at radius 1 is 1.47 bits per heavy atom. The Kier molecular flexibility index (Phi) is 6.07. The van der Waals surface area contributed by atoms with Gasteiger partial charge in [0.2, 0.25) is 5.91 Å². The molecule has 0 radical (unpaired) electrons. The monoisotopic (exact) mass is 269 g/mol. The lowest BCUT2D eigenvalue weighted by molar-refractivity contribution is -0.122. The number of ether oxygens (including phenoxy) is 1. The van der Waals surface area contributed by atoms with Crippen molar-refractivity contribution in [2.75, 3.05) is 45.9 Å². The van der Waals surface area contributed by atoms with Gasteiger partial charge >= 0.3 is 0 Å². The molecule has 2 aliphatic rings. The number of hydrogen-bond donors (Lipinski definition) is 2. The van der Waals surface area contributed by atoms with Crippen LogP contribution in [-0.2, 0) is 9.53 Å². The number of hydrogen-bond acceptors (Lipinski definition) is 4. The molecule has 0 aromatic heterocycles. The zero-order valence-corrected chi connectivity index (χ0v) is 12.0. The number of nitrogens with zero attached hydrogens (tertiary/aromatic N) is 1. The Morgan fingerprint density at radius 2 is 2.26 bits per heavy atom. The predicted molar refractivity (Wildman–Crippen MR) is 75.1 cm³/mol. The predicted octanol–water partition coefficient (Wildman–Crippen LogP) is 0.213. The molecule has 2 N–H and O–H groups in total. The fourth-order valence-corrected chi connectivity index (χ4v) is 2.81. The van der Waals surface area contributed by atoms with Crippen LogP contribution < -0.4 is 10.6 Å². The molecule has 2 saturated heterocycles. The molecule has 2 atom stereocenters. The largest absolute Gasteiger partial charge is 0.378 e. The number of nitrogens with one attached hydrogen (secondary N) is 2. The van der Waals surface area contributed by atoms with E-state index in [1.807, 2.05) is 0 Å². The van der Waals surface area contributed by atoms with Crippen molar-refractivity contribution >= 4 is 5.91 Å². The average Bonchev–Trinajstić information content (AvgIpc) is 2.90. The molecule has 0 saturated carbocycles. The van der Waals surface area contributed by atoms with Crippen LogP contribution in [0.3, 0.4) is 0 Å². The molecule has 19 heavy (non-hydrogen) atoms. The number of likely N-dealkylation sites (tertiary alicyclic amines) is 1. The first-order valence-corrected chi connectivity index (χ1v) is 7.54. The van der Waals surface area contributed by atoms with E-state index in [2.05, 4.69) is 22.5 Å². The number of carbonyl (C=O) groups excluding carboxylic acids is 1. The molecule has 5 heteroatoms. The minimum atomic E-state index is 0.135. The maximum atomic E-state index is 11.8. The topological polar surface area (TPSA) is 53.6 Å². The quantitative estimate of drug-likeness (QED) is 0.724. The number of morpholine rings is 1. The second-order valence-corrected chi connectivity index (χ2v) is 5.85. The molecule has 1 amide bonds. The van der Waals surface area contributed by atoms with E-state index < -0.39 is 0 Å². The van der Waals surface area contributed by atoms with Crippen LogP contribution in [0, 0.1) is 5.92 Å². The minimum absolute atomic E-state index is 0.135. The highest BCUT2D eigenvalue weighted by Crippen LogP contribution is 2.09. The van der Waals surface area contributed by atoms with Gasteiger partial charge in [0, 0.05) is 32.1 Å². The van der Waals surface area contributed by atoms with Crippen LogP contribution in [0.2, 0.25) is 0 Å². The van der Waals surface area contributed by atoms with Crippen LogP contribution in [0.15, 0.2) is 0 Å². The van der Waals surface area contributed by atoms with Gasteiger partial charge in [-0.2, -0.15) is 0 Å². The van der Waals surface area contributed by atoms with E-state index in [0.717, 1.165) is 26.2 Å². The first-order chi connectivity index (χ1) is 9.24. The molecule has 2 fully saturated rings. The molecule has 110 valence electrons. The summed E-state index contributed by atoms with van der Waals surface area (Å²) >= 11 is 0. The van der Waals surface area contributed by atoms with Gasteiger partial charge in [0.15, 0.2) is 0 Å². The Morgan fingerprint density at radius 3 is 2.95 bits per heavy atom. The van der Waals surface area contributed by atoms with Crippen molar-refractivity contribution in [1.29, 1.82) is 0 Å². The normalized spacial score (nSPS) is 26.3. The molecule has 0 aromatic carbocycles. The summed E-state index contributed by atoms with van der Waals surface area (Å²) in [5.74, 6) is 0.661. The fraction of sp³-hybridized carbons (Fsp3) is 0.929. The van der Waals surface area contributed by atoms with Crippen LogP contribution in [0.4, 0.5) is 0 Å². The summed E-state index contributed by atoms with van der Waals surface area (Å²) in [4.78, 5) is 14.3. The zero-order chi connectivity index (χ0) is 13.5. The highest BCUT2D eigenvalue weighted by Gasteiger charge is 2.18. The molecule has 2 heterocycles. The third-order valence-electron chi connectivity index (χ3n) is 3.85. The molecule has 0 aromatic rings. The second-order valence-electron chi connectivity index (χ2n) is 5.85. The summed E-state index contributed by atoms with van der Waals surface area (Å²) in [5.41, 5.74) is 0. The summed E-state index contributed by atoms with van der Waals surface area (Å²) in [6.07, 6.45) is 3.18. The van der Waals surface area contributed by atoms with E-state index in [-0.39, 0.29) is 11.9 Å². The Balaban J connectivity index is 1.56. The molecular weight excluding hydrogens is 242 g/mol. The van der Waals surface area contributed by atoms with Gasteiger partial charge in [0.1, 0.15) is 0 Å². The van der Waals surface area contributed by atoms with Gasteiger partial charge in [-0.05, 0) is 31.8 Å². The van der Waals surface area contributed by atoms with Crippen LogP contribution in [0.25, 0.3) is 0 Å². The van der Waals surface area contributed by atoms with Crippen molar-refractivity contribution in [1.82, 2.24) is 15.5 Å². The van der Waals surface area contributed by atoms with Gasteiger partial charge in [0.25, 0.3) is 0 Å². The lowest BCUT2D eigenvalue weighted by atomic mass is 10.1. The summed E-state index contributed by atoms with van der Waals surface area (Å²) in [6, 6.07) is 0.183. The lowest BCUT2D eigenvalue weighted by Crippen LogP contribution is -2.45. The van der Waals surface area contributed by atoms with Crippen LogP contribution in [-0.4, -0.2) is 62.8 Å². The highest BCUT2D eigenvalue weighted by molar-refractivity contribution is 5.76. The van der Waals surface area contributed by atoms with E-state index >= 15 is 0 Å². The molecular formula is C14H27N3O2. The van der Waals surface area contributed by atoms with Gasteiger partial charge in [-0.1, -0.05) is 6.92 Å². The summed E-state index contributed by atoms with van der Waals surface area (Å²) in [6.45, 7) is 8.79. The lowest BCUT2D eigenvalue weighted by Gasteiger charge is -2.24. The van der Waals surface area contributed by atoms with Gasteiger partial charge in [-0.3, -0.25) is 4.79 Å². The smallest absolute Gasteiger partial charge is 0.221 e. The van der Waals surface area contributed by atoms with Crippen LogP contribution in [0.5, 0.6) is 0 Å². The van der Waals surface area contributed by atoms with Gasteiger partial charge in [-0.25, -0.2) is 0 Å². The van der Waals surface area contributed by atoms with Crippen LogP contribution in [0.1, 0.15) is 26.2 Å². The average molecular weight is 269 g/mol. The summed E-state index contributed by atoms with van der Waals surface area (Å²) in [7, 11) is 0. The standard InChI is InChI=1S/C14H27N3O2/c1-12(10-17-5-2-3-6-17)9-16-14(18)8-13-11-19-7-4-15-13/h12-13,15H,2-11H2,1H3,(H,16,18). The van der Waals surface area contributed by atoms with Gasteiger partial charge in [-0.15, -0.1) is 0 Å². The van der Waals surface area contributed by atoms with E-state index in [1.54, 1.807) is 0 Å². The molecule has 5 nitrogen and oxygen atoms in total. The van der Waals surface area contributed by atoms with Crippen molar-refractivity contribution in [2.45, 2.75) is 32.2 Å². The van der Waals surface area contributed by atoms with Crippen molar-refractivity contribution in [3.05, 3.63) is 0 Å². The second kappa shape index (κ2) is 7.82. The maximum Gasteiger partial charge on any atom is 0.221 e. The summed E-state index contributed by atoms with van der Waals surface area (Å²) < 4.78 is 5.35. The number of amides is 1. The van der Waals surface area contributed by atoms with Gasteiger partial charge in [0.05, 0.1) is 13.2 Å². The highest BCUT2D eigenvalue weighted by atomic mass is 16.5. The SMILES string of the molecule is CC(CNC(=O)CC1COCCN1)CN1CCCC1. The van der Waals surface area contributed by atoms with E-state index in [4.69, 9.17) is 4.74 Å². The Hall–Kier alpha value is -0.650. The molecule has 0 aliphatic carbocycles. The first kappa shape index (κ1) is 14.8. The third kappa shape index (κ3) is 5.47. The summed E-state index contributed by atoms with van der Waals surface area (Å²) in [5, 5.41) is 6.34. The van der Waals surface area contributed by atoms with E-state index in [9.17, 15) is 4.79 Å². The number of rotatable bonds is 6. The fourth-order valence-electron chi connectivity index (χ4n) is 2.81. The third-order valence-corrected chi connectivity index (χ3v) is 3.85. The van der Waals surface area contributed by atoms with E-state index in [0.29, 0.717) is 18.9 Å². The molecule has 2 rings (SSSR count). The van der Waals surface area contributed by atoms with Crippen molar-refractivity contribution in [3.63, 3.8) is 0 Å². The van der Waals surface area contributed by atoms with Gasteiger partial charge < -0.3 is 20.3 Å². The Bertz CT molecular complexity index is 274. The first-order valence-electron chi connectivity index (χ1n) is 7.54. The van der Waals surface area contributed by atoms with Crippen molar-refractivity contribution in [3.8, 4) is 0 Å². The zero-order valence-electron chi connectivity index (χ0n) is 12.0. The van der Waals surface area contributed by atoms with Crippen molar-refractivity contribution < 1.29 is 9.53 Å². The maximum absolute atomic E-state index is 11.8. The molecule has 0 spiro atoms. The molecule has 2 unspecified atom stereocenters. The van der Waals surface area contributed by atoms with Crippen LogP contribution >= 0.6 is 0 Å². The molecule has 0 bridgehead atoms. The van der Waals surface area contributed by atoms with E-state index in [1.165, 1.54) is 25.9 Å². The molecule has 2 aliphatic heterocycles.